The molecule has 320 valence electrons. The van der Waals surface area contributed by atoms with E-state index in [1.54, 1.807) is 124 Å². The van der Waals surface area contributed by atoms with E-state index in [0.717, 1.165) is 11.6 Å². The van der Waals surface area contributed by atoms with Gasteiger partial charge in [0.2, 0.25) is 0 Å². The van der Waals surface area contributed by atoms with Gasteiger partial charge >= 0.3 is 6.03 Å². The van der Waals surface area contributed by atoms with Crippen molar-refractivity contribution in [3.8, 4) is 46.6 Å². The molecule has 0 aliphatic carbocycles. The zero-order chi connectivity index (χ0) is 44.8. The third-order valence-corrected chi connectivity index (χ3v) is 10.0. The van der Waals surface area contributed by atoms with Crippen LogP contribution < -0.4 is 35.3 Å². The van der Waals surface area contributed by atoms with Gasteiger partial charge in [-0.05, 0) is 91.0 Å². The van der Waals surface area contributed by atoms with Gasteiger partial charge in [-0.25, -0.2) is 13.2 Å². The number of ether oxygens (including phenoxy) is 6. The number of rotatable bonds is 15. The molecule has 2 aromatic heterocycles. The van der Waals surface area contributed by atoms with Gasteiger partial charge in [0.1, 0.15) is 59.8 Å². The van der Waals surface area contributed by atoms with Gasteiger partial charge in [0.25, 0.3) is 0 Å². The Bertz CT molecular complexity index is 2920. The number of hydrogen-bond donors (Lipinski definition) is 3. The molecule has 16 nitrogen and oxygen atoms in total. The summed E-state index contributed by atoms with van der Waals surface area (Å²) in [5.41, 5.74) is 9.24. The lowest BCUT2D eigenvalue weighted by molar-refractivity contribution is 0.146. The minimum absolute atomic E-state index is 0.108. The molecule has 0 bridgehead atoms. The van der Waals surface area contributed by atoms with Crippen molar-refractivity contribution in [3.63, 3.8) is 0 Å². The molecule has 0 atom stereocenters. The number of amides is 2. The number of carbonyl (C=O) groups excluding carboxylic acids is 1. The lowest BCUT2D eigenvalue weighted by atomic mass is 10.1. The standard InChI is InChI=1S/C27H24N4O6S.C19H17N3O3/c1-35-12-13-36-26-16-24-23(14-18(26)17-28)25(10-11-29-24)37-21-8-6-19(7-9-21)30-27(32)31-20-4-3-5-22(15-20)38(2,33)34;1-23-8-9-24-19-11-17-16(10-13(19)12-20)18(6-7-22-17)25-15-4-2-14(21)3-5-15/h3-11,14-16H,12-13H2,1-2H3,(H2,30,31,32);2-7,10-11H,8-9,21H2,1H3. The van der Waals surface area contributed by atoms with Gasteiger partial charge in [0, 0.05) is 72.8 Å². The number of pyridine rings is 2. The summed E-state index contributed by atoms with van der Waals surface area (Å²) in [6.45, 7) is 1.50. The molecule has 63 heavy (non-hydrogen) atoms. The second kappa shape index (κ2) is 21.0. The average molecular weight is 868 g/mol. The minimum Gasteiger partial charge on any atom is -0.490 e. The Labute approximate surface area is 363 Å². The molecule has 2 heterocycles. The van der Waals surface area contributed by atoms with Crippen molar-refractivity contribution >= 4 is 54.7 Å². The van der Waals surface area contributed by atoms with Crippen LogP contribution in [0.15, 0.2) is 126 Å². The maximum Gasteiger partial charge on any atom is 0.323 e. The van der Waals surface area contributed by atoms with E-state index >= 15 is 0 Å². The number of hydrogen-bond acceptors (Lipinski definition) is 14. The first-order chi connectivity index (χ1) is 30.5. The fourth-order valence-corrected chi connectivity index (χ4v) is 6.52. The number of urea groups is 1. The molecule has 7 aromatic rings. The number of nitrogen functional groups attached to an aromatic ring is 1. The van der Waals surface area contributed by atoms with E-state index in [4.69, 9.17) is 34.2 Å². The number of nitrogens with zero attached hydrogens (tertiary/aromatic N) is 4. The lowest BCUT2D eigenvalue weighted by Gasteiger charge is -2.12. The van der Waals surface area contributed by atoms with E-state index in [1.165, 1.54) is 12.1 Å². The van der Waals surface area contributed by atoms with Gasteiger partial charge < -0.3 is 44.8 Å². The van der Waals surface area contributed by atoms with Crippen LogP contribution in [0.5, 0.6) is 34.5 Å². The lowest BCUT2D eigenvalue weighted by Crippen LogP contribution is -2.19. The van der Waals surface area contributed by atoms with Gasteiger partial charge in [-0.15, -0.1) is 0 Å². The van der Waals surface area contributed by atoms with Crippen molar-refractivity contribution in [1.82, 2.24) is 9.97 Å². The van der Waals surface area contributed by atoms with Gasteiger partial charge in [-0.2, -0.15) is 10.5 Å². The number of benzene rings is 5. The Morgan fingerprint density at radius 3 is 1.60 bits per heavy atom. The van der Waals surface area contributed by atoms with E-state index < -0.39 is 15.9 Å². The first-order valence-corrected chi connectivity index (χ1v) is 21.0. The number of nitrogens with two attached hydrogens (primary N) is 1. The van der Waals surface area contributed by atoms with E-state index in [-0.39, 0.29) is 4.90 Å². The Hall–Kier alpha value is -7.96. The number of nitriles is 2. The molecule has 0 saturated carbocycles. The predicted octanol–water partition coefficient (Wildman–Crippen LogP) is 8.48. The van der Waals surface area contributed by atoms with E-state index in [2.05, 4.69) is 32.7 Å². The third kappa shape index (κ3) is 12.1. The molecule has 0 aliphatic heterocycles. The first kappa shape index (κ1) is 44.6. The van der Waals surface area contributed by atoms with Crippen LogP contribution in [0.25, 0.3) is 21.8 Å². The Morgan fingerprint density at radius 1 is 0.635 bits per heavy atom. The summed E-state index contributed by atoms with van der Waals surface area (Å²) < 4.78 is 56.6. The highest BCUT2D eigenvalue weighted by Gasteiger charge is 2.14. The Morgan fingerprint density at radius 2 is 1.13 bits per heavy atom. The third-order valence-electron chi connectivity index (χ3n) is 8.90. The summed E-state index contributed by atoms with van der Waals surface area (Å²) in [5, 5.41) is 25.7. The molecule has 0 unspecified atom stereocenters. The molecule has 0 aliphatic rings. The van der Waals surface area contributed by atoms with Crippen LogP contribution in [0.3, 0.4) is 0 Å². The van der Waals surface area contributed by atoms with E-state index in [9.17, 15) is 23.7 Å². The molecule has 4 N–H and O–H groups in total. The highest BCUT2D eigenvalue weighted by atomic mass is 32.2. The zero-order valence-electron chi connectivity index (χ0n) is 34.3. The zero-order valence-corrected chi connectivity index (χ0v) is 35.1. The molecule has 5 aromatic carbocycles. The van der Waals surface area contributed by atoms with Crippen molar-refractivity contribution in [2.45, 2.75) is 4.90 Å². The quantitative estimate of drug-likeness (QED) is 0.0648. The van der Waals surface area contributed by atoms with Crippen LogP contribution >= 0.6 is 0 Å². The number of methoxy groups -OCH3 is 2. The van der Waals surface area contributed by atoms with E-state index in [1.807, 2.05) is 0 Å². The maximum atomic E-state index is 12.4. The molecule has 17 heteroatoms. The summed E-state index contributed by atoms with van der Waals surface area (Å²) in [6.07, 6.45) is 4.35. The highest BCUT2D eigenvalue weighted by Crippen LogP contribution is 2.35. The van der Waals surface area contributed by atoms with Crippen molar-refractivity contribution in [2.24, 2.45) is 0 Å². The Balaban J connectivity index is 0.000000228. The van der Waals surface area contributed by atoms with Gasteiger partial charge in [0.15, 0.2) is 9.84 Å². The maximum absolute atomic E-state index is 12.4. The molecular formula is C46H41N7O9S. The molecule has 0 fully saturated rings. The molecule has 0 radical (unpaired) electrons. The highest BCUT2D eigenvalue weighted by molar-refractivity contribution is 7.90. The van der Waals surface area contributed by atoms with Crippen LogP contribution in [0.4, 0.5) is 21.9 Å². The van der Waals surface area contributed by atoms with Crippen molar-refractivity contribution in [1.29, 1.82) is 10.5 Å². The van der Waals surface area contributed by atoms with Gasteiger partial charge in [-0.3, -0.25) is 9.97 Å². The number of anilines is 3. The SMILES string of the molecule is COCCOc1cc2nccc(Oc3ccc(N)cc3)c2cc1C#N.COCCOc1cc2nccc(Oc3ccc(NC(=O)Nc4cccc(S(C)(=O)=O)c4)cc3)c2cc1C#N. The van der Waals surface area contributed by atoms with Crippen molar-refractivity contribution in [3.05, 3.63) is 133 Å². The van der Waals surface area contributed by atoms with Crippen LogP contribution in [0.1, 0.15) is 11.1 Å². The number of fused-ring (bicyclic) bond motifs is 2. The Kier molecular flexibility index (Phi) is 14.9. The average Bonchev–Trinajstić information content (AvgIpc) is 3.27. The first-order valence-electron chi connectivity index (χ1n) is 19.1. The minimum atomic E-state index is -3.39. The normalized spacial score (nSPS) is 10.7. The number of carbonyl (C=O) groups is 1. The van der Waals surface area contributed by atoms with Gasteiger partial charge in [0.05, 0.1) is 40.3 Å². The monoisotopic (exact) mass is 867 g/mol. The fraction of sp³-hybridized carbons (Fsp3) is 0.152. The largest absolute Gasteiger partial charge is 0.490 e. The van der Waals surface area contributed by atoms with E-state index in [0.29, 0.717) is 106 Å². The number of sulfone groups is 1. The van der Waals surface area contributed by atoms with Crippen LogP contribution in [0, 0.1) is 22.7 Å². The summed E-state index contributed by atoms with van der Waals surface area (Å²) in [5.74, 6) is 3.15. The summed E-state index contributed by atoms with van der Waals surface area (Å²) in [7, 11) is -0.228. The van der Waals surface area contributed by atoms with Gasteiger partial charge in [-0.1, -0.05) is 6.07 Å². The molecule has 7 rings (SSSR count). The smallest absolute Gasteiger partial charge is 0.323 e. The molecule has 0 spiro atoms. The summed E-state index contributed by atoms with van der Waals surface area (Å²) in [4.78, 5) is 21.2. The molecular weight excluding hydrogens is 827 g/mol. The van der Waals surface area contributed by atoms with Crippen LogP contribution in [0.2, 0.25) is 0 Å². The van der Waals surface area contributed by atoms with Crippen molar-refractivity contribution in [2.75, 3.05) is 63.3 Å². The predicted molar refractivity (Wildman–Crippen MR) is 237 cm³/mol. The fourth-order valence-electron chi connectivity index (χ4n) is 5.85. The number of nitrogens with one attached hydrogen (secondary N) is 2. The molecule has 0 saturated heterocycles. The molecule has 2 amide bonds. The van der Waals surface area contributed by atoms with Crippen LogP contribution in [-0.4, -0.2) is 71.3 Å². The van der Waals surface area contributed by atoms with Crippen LogP contribution in [-0.2, 0) is 19.3 Å². The second-order valence-corrected chi connectivity index (χ2v) is 15.4. The summed E-state index contributed by atoms with van der Waals surface area (Å²) in [6, 6.07) is 33.8. The topological polar surface area (TPSA) is 230 Å². The summed E-state index contributed by atoms with van der Waals surface area (Å²) >= 11 is 0. The second-order valence-electron chi connectivity index (χ2n) is 13.4. The number of aromatic nitrogens is 2. The van der Waals surface area contributed by atoms with Crippen molar-refractivity contribution < 1.29 is 41.6 Å².